The third kappa shape index (κ3) is 6.75. The van der Waals surface area contributed by atoms with Crippen molar-refractivity contribution in [2.24, 2.45) is 0 Å². The van der Waals surface area contributed by atoms with Gasteiger partial charge in [0, 0.05) is 28.3 Å². The summed E-state index contributed by atoms with van der Waals surface area (Å²) < 4.78 is 6.14. The number of nitrogens with zero attached hydrogens (tertiary/aromatic N) is 1. The standard InChI is InChI=1S/C16H20BrN3O3S2/c1-16(2,3)23-15(22)19-6-4-5-18-13(21)11-9-25-14(20-11)12-7-10(17)8-24-12/h7-9H,4-6H2,1-3H3,(H,18,21)(H,19,22). The van der Waals surface area contributed by atoms with E-state index in [1.54, 1.807) is 16.7 Å². The van der Waals surface area contributed by atoms with E-state index in [1.807, 2.05) is 32.2 Å². The van der Waals surface area contributed by atoms with Crippen molar-refractivity contribution < 1.29 is 14.3 Å². The highest BCUT2D eigenvalue weighted by molar-refractivity contribution is 9.10. The van der Waals surface area contributed by atoms with Crippen molar-refractivity contribution in [3.05, 3.63) is 27.0 Å². The molecule has 0 atom stereocenters. The number of amides is 2. The highest BCUT2D eigenvalue weighted by atomic mass is 79.9. The fourth-order valence-electron chi connectivity index (χ4n) is 1.80. The first-order valence-electron chi connectivity index (χ1n) is 7.69. The van der Waals surface area contributed by atoms with Crippen molar-refractivity contribution in [2.75, 3.05) is 13.1 Å². The number of carbonyl (C=O) groups excluding carboxylic acids is 2. The number of carbonyl (C=O) groups is 2. The minimum absolute atomic E-state index is 0.213. The predicted molar refractivity (Wildman–Crippen MR) is 104 cm³/mol. The summed E-state index contributed by atoms with van der Waals surface area (Å²) in [7, 11) is 0. The van der Waals surface area contributed by atoms with E-state index in [4.69, 9.17) is 4.74 Å². The Morgan fingerprint density at radius 2 is 1.92 bits per heavy atom. The monoisotopic (exact) mass is 445 g/mol. The predicted octanol–water partition coefficient (Wildman–Crippen LogP) is 4.28. The van der Waals surface area contributed by atoms with Gasteiger partial charge in [0.2, 0.25) is 0 Å². The summed E-state index contributed by atoms with van der Waals surface area (Å²) in [4.78, 5) is 29.0. The summed E-state index contributed by atoms with van der Waals surface area (Å²) in [6.45, 7) is 6.31. The van der Waals surface area contributed by atoms with Gasteiger partial charge in [0.25, 0.3) is 5.91 Å². The molecule has 6 nitrogen and oxygen atoms in total. The quantitative estimate of drug-likeness (QED) is 0.650. The third-order valence-corrected chi connectivity index (χ3v) is 5.52. The molecule has 2 amide bonds. The van der Waals surface area contributed by atoms with Crippen LogP contribution in [-0.4, -0.2) is 35.7 Å². The molecule has 0 spiro atoms. The molecule has 2 rings (SSSR count). The van der Waals surface area contributed by atoms with Crippen molar-refractivity contribution in [2.45, 2.75) is 32.8 Å². The van der Waals surface area contributed by atoms with Crippen molar-refractivity contribution in [1.29, 1.82) is 0 Å². The van der Waals surface area contributed by atoms with Gasteiger partial charge in [-0.1, -0.05) is 0 Å². The number of alkyl carbamates (subject to hydrolysis) is 1. The summed E-state index contributed by atoms with van der Waals surface area (Å²) in [6, 6.07) is 1.98. The molecule has 0 unspecified atom stereocenters. The lowest BCUT2D eigenvalue weighted by Gasteiger charge is -2.19. The lowest BCUT2D eigenvalue weighted by Crippen LogP contribution is -2.34. The van der Waals surface area contributed by atoms with Gasteiger partial charge in [-0.2, -0.15) is 0 Å². The molecule has 136 valence electrons. The Balaban J connectivity index is 1.71. The van der Waals surface area contributed by atoms with Crippen LogP contribution in [-0.2, 0) is 4.74 Å². The van der Waals surface area contributed by atoms with Crippen LogP contribution >= 0.6 is 38.6 Å². The van der Waals surface area contributed by atoms with Crippen LogP contribution in [0.3, 0.4) is 0 Å². The first-order valence-corrected chi connectivity index (χ1v) is 10.2. The normalized spacial score (nSPS) is 11.2. The third-order valence-electron chi connectivity index (χ3n) is 2.82. The zero-order chi connectivity index (χ0) is 18.4. The van der Waals surface area contributed by atoms with Gasteiger partial charge in [-0.3, -0.25) is 4.79 Å². The van der Waals surface area contributed by atoms with E-state index in [0.717, 1.165) is 14.4 Å². The van der Waals surface area contributed by atoms with Crippen LogP contribution < -0.4 is 10.6 Å². The van der Waals surface area contributed by atoms with Crippen LogP contribution in [0.15, 0.2) is 21.3 Å². The number of hydrogen-bond acceptors (Lipinski definition) is 6. The van der Waals surface area contributed by atoms with Gasteiger partial charge in [0.05, 0.1) is 4.88 Å². The maximum atomic E-state index is 12.1. The van der Waals surface area contributed by atoms with Gasteiger partial charge < -0.3 is 15.4 Å². The molecular weight excluding hydrogens is 426 g/mol. The summed E-state index contributed by atoms with van der Waals surface area (Å²) in [6.07, 6.45) is 0.157. The summed E-state index contributed by atoms with van der Waals surface area (Å²) in [5.41, 5.74) is -0.108. The van der Waals surface area contributed by atoms with Gasteiger partial charge in [0.1, 0.15) is 16.3 Å². The van der Waals surface area contributed by atoms with Gasteiger partial charge in [-0.05, 0) is 49.2 Å². The Morgan fingerprint density at radius 1 is 1.20 bits per heavy atom. The zero-order valence-corrected chi connectivity index (χ0v) is 17.4. The van der Waals surface area contributed by atoms with Crippen molar-refractivity contribution >= 4 is 50.6 Å². The number of thiophene rings is 1. The minimum Gasteiger partial charge on any atom is -0.444 e. The Hall–Kier alpha value is -1.45. The van der Waals surface area contributed by atoms with Crippen LogP contribution in [0.25, 0.3) is 9.88 Å². The summed E-state index contributed by atoms with van der Waals surface area (Å²) >= 11 is 6.43. The molecule has 0 radical (unpaired) electrons. The first kappa shape index (κ1) is 19.9. The SMILES string of the molecule is CC(C)(C)OC(=O)NCCCNC(=O)c1csc(-c2cc(Br)cs2)n1. The fourth-order valence-corrected chi connectivity index (χ4v) is 4.11. The van der Waals surface area contributed by atoms with Crippen molar-refractivity contribution in [1.82, 2.24) is 15.6 Å². The molecular formula is C16H20BrN3O3S2. The molecule has 9 heteroatoms. The maximum Gasteiger partial charge on any atom is 0.407 e. The average molecular weight is 446 g/mol. The lowest BCUT2D eigenvalue weighted by molar-refractivity contribution is 0.0527. The molecule has 0 bridgehead atoms. The smallest absolute Gasteiger partial charge is 0.407 e. The highest BCUT2D eigenvalue weighted by Gasteiger charge is 2.16. The molecule has 0 saturated heterocycles. The summed E-state index contributed by atoms with van der Waals surface area (Å²) in [5, 5.41) is 10.0. The van der Waals surface area contributed by atoms with Crippen LogP contribution in [0.2, 0.25) is 0 Å². The number of thiazole rings is 1. The molecule has 0 aromatic carbocycles. The number of aromatic nitrogens is 1. The molecule has 2 aromatic rings. The van der Waals surface area contributed by atoms with E-state index in [-0.39, 0.29) is 5.91 Å². The molecule has 2 N–H and O–H groups in total. The van der Waals surface area contributed by atoms with Crippen molar-refractivity contribution in [3.63, 3.8) is 0 Å². The molecule has 0 aliphatic heterocycles. The number of hydrogen-bond donors (Lipinski definition) is 2. The molecule has 25 heavy (non-hydrogen) atoms. The van der Waals surface area contributed by atoms with Crippen LogP contribution in [0.4, 0.5) is 4.79 Å². The van der Waals surface area contributed by atoms with Gasteiger partial charge in [-0.15, -0.1) is 22.7 Å². The minimum atomic E-state index is -0.515. The second kappa shape index (κ2) is 8.77. The molecule has 0 saturated carbocycles. The van der Waals surface area contributed by atoms with E-state index in [1.165, 1.54) is 11.3 Å². The number of ether oxygens (including phenoxy) is 1. The fraction of sp³-hybridized carbons (Fsp3) is 0.438. The molecule has 0 aliphatic carbocycles. The zero-order valence-electron chi connectivity index (χ0n) is 14.2. The molecule has 2 heterocycles. The Kier molecular flexibility index (Phi) is 6.97. The maximum absolute atomic E-state index is 12.1. The van der Waals surface area contributed by atoms with E-state index in [0.29, 0.717) is 25.2 Å². The van der Waals surface area contributed by atoms with Crippen LogP contribution in [0.1, 0.15) is 37.7 Å². The van der Waals surface area contributed by atoms with E-state index < -0.39 is 11.7 Å². The summed E-state index contributed by atoms with van der Waals surface area (Å²) in [5.74, 6) is -0.213. The Bertz CT molecular complexity index is 737. The van der Waals surface area contributed by atoms with Gasteiger partial charge in [0.15, 0.2) is 0 Å². The number of rotatable bonds is 6. The number of halogens is 1. The largest absolute Gasteiger partial charge is 0.444 e. The molecule has 0 aliphatic rings. The lowest BCUT2D eigenvalue weighted by atomic mass is 10.2. The van der Waals surface area contributed by atoms with Gasteiger partial charge >= 0.3 is 6.09 Å². The Labute approximate surface area is 163 Å². The van der Waals surface area contributed by atoms with Crippen LogP contribution in [0, 0.1) is 0 Å². The second-order valence-electron chi connectivity index (χ2n) is 6.21. The van der Waals surface area contributed by atoms with Gasteiger partial charge in [-0.25, -0.2) is 9.78 Å². The second-order valence-corrected chi connectivity index (χ2v) is 8.89. The molecule has 0 fully saturated rings. The molecule has 2 aromatic heterocycles. The average Bonchev–Trinajstić information content (AvgIpc) is 3.13. The topological polar surface area (TPSA) is 80.3 Å². The first-order chi connectivity index (χ1) is 11.7. The van der Waals surface area contributed by atoms with E-state index in [2.05, 4.69) is 31.5 Å². The number of nitrogens with one attached hydrogen (secondary N) is 2. The van der Waals surface area contributed by atoms with E-state index in [9.17, 15) is 9.59 Å². The van der Waals surface area contributed by atoms with E-state index >= 15 is 0 Å². The highest BCUT2D eigenvalue weighted by Crippen LogP contribution is 2.31. The van der Waals surface area contributed by atoms with Crippen molar-refractivity contribution in [3.8, 4) is 9.88 Å². The van der Waals surface area contributed by atoms with Crippen LogP contribution in [0.5, 0.6) is 0 Å². The Morgan fingerprint density at radius 3 is 2.56 bits per heavy atom.